The van der Waals surface area contributed by atoms with Gasteiger partial charge in [-0.25, -0.2) is 0 Å². The molecule has 1 amide bonds. The molecule has 0 atom stereocenters. The average molecular weight is 276 g/mol. The third-order valence-electron chi connectivity index (χ3n) is 2.41. The van der Waals surface area contributed by atoms with Gasteiger partial charge in [0.25, 0.3) is 0 Å². The Morgan fingerprint density at radius 1 is 1.28 bits per heavy atom. The maximum Gasteiger partial charge on any atom is 0.228 e. The molecule has 0 saturated heterocycles. The number of amides is 1. The minimum Gasteiger partial charge on any atom is -0.389 e. The van der Waals surface area contributed by atoms with Gasteiger partial charge < -0.3 is 11.1 Å². The molecule has 18 heavy (non-hydrogen) atoms. The molecule has 0 aliphatic heterocycles. The van der Waals surface area contributed by atoms with Crippen molar-refractivity contribution in [3.05, 3.63) is 52.2 Å². The first-order valence-electron chi connectivity index (χ1n) is 5.36. The van der Waals surface area contributed by atoms with E-state index in [1.54, 1.807) is 11.3 Å². The molecule has 0 fully saturated rings. The first-order chi connectivity index (χ1) is 8.65. The summed E-state index contributed by atoms with van der Waals surface area (Å²) >= 11 is 6.42. The molecule has 1 aromatic heterocycles. The molecular weight excluding hydrogens is 264 g/mol. The van der Waals surface area contributed by atoms with Gasteiger partial charge in [-0.15, -0.1) is 0 Å². The van der Waals surface area contributed by atoms with Crippen molar-refractivity contribution in [2.45, 2.75) is 6.42 Å². The maximum atomic E-state index is 11.7. The molecule has 3 nitrogen and oxygen atoms in total. The van der Waals surface area contributed by atoms with E-state index in [2.05, 4.69) is 5.32 Å². The number of carbonyl (C=O) groups excluding carboxylic acids is 1. The van der Waals surface area contributed by atoms with E-state index in [9.17, 15) is 4.79 Å². The average Bonchev–Trinajstić information content (AvgIpc) is 2.82. The number of hydrogen-bond acceptors (Lipinski definition) is 3. The van der Waals surface area contributed by atoms with E-state index in [4.69, 9.17) is 18.0 Å². The van der Waals surface area contributed by atoms with E-state index in [1.165, 1.54) is 0 Å². The van der Waals surface area contributed by atoms with E-state index in [0.29, 0.717) is 11.4 Å². The van der Waals surface area contributed by atoms with Gasteiger partial charge in [-0.2, -0.15) is 11.3 Å². The molecule has 92 valence electrons. The highest BCUT2D eigenvalue weighted by Crippen LogP contribution is 2.12. The van der Waals surface area contributed by atoms with Crippen molar-refractivity contribution in [3.63, 3.8) is 0 Å². The lowest BCUT2D eigenvalue weighted by Crippen LogP contribution is -2.14. The molecule has 0 radical (unpaired) electrons. The minimum absolute atomic E-state index is 0.0310. The van der Waals surface area contributed by atoms with Gasteiger partial charge in [0.1, 0.15) is 4.99 Å². The second-order valence-electron chi connectivity index (χ2n) is 3.80. The molecule has 0 spiro atoms. The lowest BCUT2D eigenvalue weighted by atomic mass is 10.1. The van der Waals surface area contributed by atoms with Crippen LogP contribution in [-0.2, 0) is 11.2 Å². The Balaban J connectivity index is 1.97. The fraction of sp³-hybridized carbons (Fsp3) is 0.0769. The van der Waals surface area contributed by atoms with Crippen LogP contribution < -0.4 is 11.1 Å². The molecule has 0 aliphatic rings. The van der Waals surface area contributed by atoms with Crippen LogP contribution in [0.25, 0.3) is 0 Å². The zero-order chi connectivity index (χ0) is 13.0. The Bertz CT molecular complexity index is 547. The second-order valence-corrected chi connectivity index (χ2v) is 5.02. The van der Waals surface area contributed by atoms with Crippen LogP contribution in [0.3, 0.4) is 0 Å². The van der Waals surface area contributed by atoms with Crippen LogP contribution in [0.4, 0.5) is 5.69 Å². The molecule has 2 aromatic rings. The number of thiophene rings is 1. The Labute approximate surface area is 115 Å². The lowest BCUT2D eigenvalue weighted by molar-refractivity contribution is -0.115. The van der Waals surface area contributed by atoms with E-state index in [1.807, 2.05) is 41.1 Å². The number of carbonyl (C=O) groups is 1. The van der Waals surface area contributed by atoms with E-state index < -0.39 is 0 Å². The Morgan fingerprint density at radius 2 is 2.00 bits per heavy atom. The maximum absolute atomic E-state index is 11.7. The first-order valence-corrected chi connectivity index (χ1v) is 6.71. The fourth-order valence-electron chi connectivity index (χ4n) is 1.51. The predicted octanol–water partition coefficient (Wildman–Crippen LogP) is 2.56. The summed E-state index contributed by atoms with van der Waals surface area (Å²) in [7, 11) is 0. The number of hydrogen-bond donors (Lipinski definition) is 2. The van der Waals surface area contributed by atoms with Crippen LogP contribution in [0.15, 0.2) is 41.1 Å². The fourth-order valence-corrected chi connectivity index (χ4v) is 2.24. The third-order valence-corrected chi connectivity index (χ3v) is 3.33. The molecule has 0 aliphatic carbocycles. The van der Waals surface area contributed by atoms with Crippen molar-refractivity contribution >= 4 is 40.1 Å². The lowest BCUT2D eigenvalue weighted by Gasteiger charge is -2.04. The molecule has 0 saturated carbocycles. The quantitative estimate of drug-likeness (QED) is 0.844. The van der Waals surface area contributed by atoms with Crippen molar-refractivity contribution in [1.29, 1.82) is 0 Å². The van der Waals surface area contributed by atoms with Gasteiger partial charge >= 0.3 is 0 Å². The Morgan fingerprint density at radius 3 is 2.56 bits per heavy atom. The Hall–Kier alpha value is -1.72. The Kier molecular flexibility index (Phi) is 4.07. The summed E-state index contributed by atoms with van der Waals surface area (Å²) in [5.74, 6) is -0.0310. The smallest absolute Gasteiger partial charge is 0.228 e. The van der Waals surface area contributed by atoms with Crippen LogP contribution in [0.2, 0.25) is 0 Å². The van der Waals surface area contributed by atoms with Crippen molar-refractivity contribution in [3.8, 4) is 0 Å². The van der Waals surface area contributed by atoms with Crippen LogP contribution in [0, 0.1) is 0 Å². The number of anilines is 1. The number of rotatable bonds is 4. The van der Waals surface area contributed by atoms with Crippen LogP contribution >= 0.6 is 23.6 Å². The minimum atomic E-state index is -0.0310. The van der Waals surface area contributed by atoms with Crippen molar-refractivity contribution in [2.75, 3.05) is 5.32 Å². The van der Waals surface area contributed by atoms with Crippen molar-refractivity contribution in [1.82, 2.24) is 0 Å². The number of nitrogens with one attached hydrogen (secondary N) is 1. The van der Waals surface area contributed by atoms with E-state index in [0.717, 1.165) is 16.8 Å². The third kappa shape index (κ3) is 3.38. The van der Waals surface area contributed by atoms with Crippen molar-refractivity contribution < 1.29 is 4.79 Å². The molecule has 1 aromatic carbocycles. The predicted molar refractivity (Wildman–Crippen MR) is 79.0 cm³/mol. The summed E-state index contributed by atoms with van der Waals surface area (Å²) in [6, 6.07) is 9.26. The standard InChI is InChI=1S/C13H12N2OS2/c14-13(17)10-3-1-9(2-4-10)7-12(16)15-11-5-6-18-8-11/h1-6,8H,7H2,(H2,14,17)(H,15,16). The highest BCUT2D eigenvalue weighted by molar-refractivity contribution is 7.80. The second kappa shape index (κ2) is 5.75. The van der Waals surface area contributed by atoms with Gasteiger partial charge in [-0.05, 0) is 17.0 Å². The summed E-state index contributed by atoms with van der Waals surface area (Å²) in [6.07, 6.45) is 0.341. The monoisotopic (exact) mass is 276 g/mol. The summed E-state index contributed by atoms with van der Waals surface area (Å²) in [5, 5.41) is 6.65. The molecule has 1 heterocycles. The van der Waals surface area contributed by atoms with Crippen LogP contribution in [0.1, 0.15) is 11.1 Å². The molecule has 0 bridgehead atoms. The van der Waals surface area contributed by atoms with Crippen molar-refractivity contribution in [2.24, 2.45) is 5.73 Å². The molecule has 0 unspecified atom stereocenters. The van der Waals surface area contributed by atoms with Crippen LogP contribution in [-0.4, -0.2) is 10.9 Å². The summed E-state index contributed by atoms with van der Waals surface area (Å²) < 4.78 is 0. The van der Waals surface area contributed by atoms with E-state index in [-0.39, 0.29) is 5.91 Å². The molecular formula is C13H12N2OS2. The van der Waals surface area contributed by atoms with Gasteiger partial charge in [-0.1, -0.05) is 36.5 Å². The largest absolute Gasteiger partial charge is 0.389 e. The zero-order valence-corrected chi connectivity index (χ0v) is 11.2. The van der Waals surface area contributed by atoms with Gasteiger partial charge in [-0.3, -0.25) is 4.79 Å². The number of benzene rings is 1. The van der Waals surface area contributed by atoms with Gasteiger partial charge in [0.15, 0.2) is 0 Å². The summed E-state index contributed by atoms with van der Waals surface area (Å²) in [6.45, 7) is 0. The first kappa shape index (κ1) is 12.7. The van der Waals surface area contributed by atoms with E-state index >= 15 is 0 Å². The highest BCUT2D eigenvalue weighted by Gasteiger charge is 2.04. The SMILES string of the molecule is NC(=S)c1ccc(CC(=O)Nc2ccsc2)cc1. The normalized spacial score (nSPS) is 10.0. The zero-order valence-electron chi connectivity index (χ0n) is 9.55. The topological polar surface area (TPSA) is 55.1 Å². The number of nitrogens with two attached hydrogens (primary N) is 1. The highest BCUT2D eigenvalue weighted by atomic mass is 32.1. The summed E-state index contributed by atoms with van der Waals surface area (Å²) in [4.78, 5) is 12.1. The van der Waals surface area contributed by atoms with Gasteiger partial charge in [0.2, 0.25) is 5.91 Å². The van der Waals surface area contributed by atoms with Gasteiger partial charge in [0.05, 0.1) is 12.1 Å². The number of thiocarbonyl (C=S) groups is 1. The molecule has 5 heteroatoms. The molecule has 2 rings (SSSR count). The van der Waals surface area contributed by atoms with Crippen LogP contribution in [0.5, 0.6) is 0 Å². The van der Waals surface area contributed by atoms with Gasteiger partial charge in [0, 0.05) is 10.9 Å². The molecule has 3 N–H and O–H groups in total. The summed E-state index contributed by atoms with van der Waals surface area (Å²) in [5.41, 5.74) is 8.09.